The molecule has 2 heterocycles. The van der Waals surface area contributed by atoms with E-state index in [0.717, 1.165) is 31.5 Å². The van der Waals surface area contributed by atoms with Gasteiger partial charge in [-0.2, -0.15) is 0 Å². The van der Waals surface area contributed by atoms with E-state index in [-0.39, 0.29) is 41.0 Å². The monoisotopic (exact) mass is 651 g/mol. The number of aromatic nitrogens is 1. The molecule has 1 aliphatic rings. The maximum atomic E-state index is 11.3. The summed E-state index contributed by atoms with van der Waals surface area (Å²) in [7, 11) is -8.07. The van der Waals surface area contributed by atoms with Crippen LogP contribution in [0.5, 0.6) is 0 Å². The minimum atomic E-state index is -4.03. The van der Waals surface area contributed by atoms with E-state index in [9.17, 15) is 25.9 Å². The van der Waals surface area contributed by atoms with Crippen molar-refractivity contribution >= 4 is 75.7 Å². The molecule has 4 rings (SSSR count). The number of rotatable bonds is 9. The van der Waals surface area contributed by atoms with Crippen molar-refractivity contribution in [3.63, 3.8) is 0 Å². The van der Waals surface area contributed by atoms with Gasteiger partial charge in [0, 0.05) is 0 Å². The third kappa shape index (κ3) is 6.84. The number of aryl methyl sites for hydroxylation is 3. The van der Waals surface area contributed by atoms with Gasteiger partial charge in [0.25, 0.3) is 0 Å². The van der Waals surface area contributed by atoms with Gasteiger partial charge in [-0.3, -0.25) is 0 Å². The number of hydrogen-bond donors (Lipinski definition) is 2. The Morgan fingerprint density at radius 2 is 1.60 bits per heavy atom. The summed E-state index contributed by atoms with van der Waals surface area (Å²) in [6.07, 6.45) is 2.78. The van der Waals surface area contributed by atoms with E-state index in [0.29, 0.717) is 25.9 Å². The summed E-state index contributed by atoms with van der Waals surface area (Å²) in [5.74, 6) is -0.587. The van der Waals surface area contributed by atoms with Gasteiger partial charge in [-0.15, -0.1) is 0 Å². The molecule has 0 amide bonds. The number of fused-ring (bicyclic) bond motifs is 2. The van der Waals surface area contributed by atoms with Gasteiger partial charge in [-0.25, -0.2) is 0 Å². The van der Waals surface area contributed by atoms with Gasteiger partial charge in [0.1, 0.15) is 0 Å². The van der Waals surface area contributed by atoms with Crippen molar-refractivity contribution < 1.29 is 30.5 Å². The van der Waals surface area contributed by atoms with Crippen molar-refractivity contribution in [3.05, 3.63) is 56.7 Å². The molecule has 188 valence electrons. The summed E-state index contributed by atoms with van der Waals surface area (Å²) in [6, 6.07) is 12.6. The second-order valence-electron chi connectivity index (χ2n) is 8.55. The van der Waals surface area contributed by atoms with Crippen LogP contribution in [0.15, 0.2) is 41.0 Å². The molecule has 35 heavy (non-hydrogen) atoms. The number of benzene rings is 2. The first kappa shape index (κ1) is 26.6. The molecule has 0 aliphatic carbocycles. The molecule has 0 spiro atoms. The van der Waals surface area contributed by atoms with Crippen LogP contribution in [0.3, 0.4) is 0 Å². The first-order chi connectivity index (χ1) is 16.4. The van der Waals surface area contributed by atoms with Gasteiger partial charge in [-0.05, 0) is 0 Å². The van der Waals surface area contributed by atoms with Crippen LogP contribution in [0, 0.1) is 13.8 Å². The maximum absolute atomic E-state index is 11.3. The fourth-order valence-electron chi connectivity index (χ4n) is 4.01. The van der Waals surface area contributed by atoms with E-state index in [1.165, 1.54) is 8.72 Å². The van der Waals surface area contributed by atoms with Gasteiger partial charge in [0.15, 0.2) is 0 Å². The summed E-state index contributed by atoms with van der Waals surface area (Å²) in [5.41, 5.74) is 4.38. The molecule has 2 aromatic carbocycles. The summed E-state index contributed by atoms with van der Waals surface area (Å²) < 4.78 is 70.4. The van der Waals surface area contributed by atoms with E-state index in [4.69, 9.17) is 0 Å². The van der Waals surface area contributed by atoms with E-state index < -0.39 is 20.2 Å². The van der Waals surface area contributed by atoms with E-state index in [2.05, 4.69) is 51.9 Å². The first-order valence-corrected chi connectivity index (χ1v) is 17.7. The Labute approximate surface area is 218 Å². The molecule has 0 fully saturated rings. The third-order valence-electron chi connectivity index (χ3n) is 5.59. The molecule has 12 heteroatoms. The van der Waals surface area contributed by atoms with Gasteiger partial charge in [0.2, 0.25) is 0 Å². The zero-order chi connectivity index (χ0) is 25.4. The molecule has 1 aliphatic heterocycles. The molecule has 8 nitrogen and oxygen atoms in total. The van der Waals surface area contributed by atoms with E-state index in [1.54, 1.807) is 0 Å². The van der Waals surface area contributed by atoms with Gasteiger partial charge >= 0.3 is 219 Å². The van der Waals surface area contributed by atoms with E-state index >= 15 is 0 Å². The van der Waals surface area contributed by atoms with Crippen LogP contribution < -0.4 is 13.9 Å². The normalized spacial score (nSPS) is 15.3. The predicted molar refractivity (Wildman–Crippen MR) is 140 cm³/mol. The quantitative estimate of drug-likeness (QED) is 0.205. The SMILES string of the molecule is Cc1ccc2c(c1)N(CCCS(=O)(=O)O)C(=Cc1[se]c3ccc(C)cc3[n+]1CCCS(=O)(=O)O)[Se]2. The Bertz CT molecular complexity index is 1510. The summed E-state index contributed by atoms with van der Waals surface area (Å²) in [5, 5.41) is 0. The summed E-state index contributed by atoms with van der Waals surface area (Å²) in [6.45, 7) is 4.99. The zero-order valence-corrected chi connectivity index (χ0v) is 24.4. The van der Waals surface area contributed by atoms with Crippen molar-refractivity contribution in [2.24, 2.45) is 0 Å². The molecular formula is C23H27N2O6S2Se2+. The molecule has 0 radical (unpaired) electrons. The predicted octanol–water partition coefficient (Wildman–Crippen LogP) is 1.51. The fraction of sp³-hybridized carbons (Fsp3) is 0.348. The molecule has 0 bridgehead atoms. The average Bonchev–Trinajstić information content (AvgIpc) is 3.24. The van der Waals surface area contributed by atoms with Crippen LogP contribution in [0.2, 0.25) is 0 Å². The third-order valence-corrected chi connectivity index (χ3v) is 11.9. The number of nitrogens with zero attached hydrogens (tertiary/aromatic N) is 2. The van der Waals surface area contributed by atoms with Crippen LogP contribution in [0.1, 0.15) is 28.5 Å². The average molecular weight is 650 g/mol. The topological polar surface area (TPSA) is 116 Å². The Balaban J connectivity index is 1.73. The van der Waals surface area contributed by atoms with Crippen LogP contribution >= 0.6 is 0 Å². The molecular weight excluding hydrogens is 622 g/mol. The zero-order valence-electron chi connectivity index (χ0n) is 19.3. The standard InChI is InChI=1S/C23H26N2O6S2Se2/c1-16-5-7-20-18(13-16)24(9-3-11-32(26,27)28)22(34-20)15-23-25(10-4-12-33(29,30)31)19-14-17(2)6-8-21(19)35-23/h5-8,13-15H,3-4,9-12H2,1-2H3,(H-,26,27,28,29,30,31)/p+1. The fourth-order valence-corrected chi connectivity index (χ4v) is 10.0. The second kappa shape index (κ2) is 10.5. The van der Waals surface area contributed by atoms with Gasteiger partial charge in [-0.1, -0.05) is 0 Å². The molecule has 2 N–H and O–H groups in total. The van der Waals surface area contributed by atoms with E-state index in [1.807, 2.05) is 13.8 Å². The van der Waals surface area contributed by atoms with Crippen LogP contribution in [-0.2, 0) is 26.8 Å². The van der Waals surface area contributed by atoms with Crippen LogP contribution in [0.25, 0.3) is 15.9 Å². The van der Waals surface area contributed by atoms with Crippen molar-refractivity contribution in [3.8, 4) is 0 Å². The Hall–Kier alpha value is -1.49. The first-order valence-electron chi connectivity index (χ1n) is 11.0. The molecule has 0 saturated carbocycles. The number of anilines is 1. The summed E-state index contributed by atoms with van der Waals surface area (Å²) in [4.78, 5) is 2.15. The van der Waals surface area contributed by atoms with Gasteiger partial charge < -0.3 is 0 Å². The van der Waals surface area contributed by atoms with Crippen molar-refractivity contribution in [1.29, 1.82) is 0 Å². The molecule has 3 aromatic rings. The second-order valence-corrected chi connectivity index (χ2v) is 16.2. The number of hydrogen-bond acceptors (Lipinski definition) is 5. The Kier molecular flexibility index (Phi) is 7.95. The molecule has 1 aromatic heterocycles. The Morgan fingerprint density at radius 3 is 2.31 bits per heavy atom. The van der Waals surface area contributed by atoms with Gasteiger partial charge in [0.05, 0.1) is 0 Å². The van der Waals surface area contributed by atoms with Crippen LogP contribution in [0.4, 0.5) is 5.69 Å². The van der Waals surface area contributed by atoms with Crippen LogP contribution in [-0.4, -0.2) is 73.5 Å². The van der Waals surface area contributed by atoms with Crippen molar-refractivity contribution in [2.45, 2.75) is 33.2 Å². The minimum absolute atomic E-state index is 0.0228. The molecule has 0 saturated heterocycles. The summed E-state index contributed by atoms with van der Waals surface area (Å²) >= 11 is 0.0456. The van der Waals surface area contributed by atoms with Crippen molar-refractivity contribution in [1.82, 2.24) is 0 Å². The van der Waals surface area contributed by atoms with Crippen molar-refractivity contribution in [2.75, 3.05) is 23.0 Å². The molecule has 0 atom stereocenters. The Morgan fingerprint density at radius 1 is 0.943 bits per heavy atom. The molecule has 0 unspecified atom stereocenters.